The number of nitrogens with one attached hydrogen (secondary N) is 3. The van der Waals surface area contributed by atoms with E-state index in [0.29, 0.717) is 18.1 Å². The number of fused-ring (bicyclic) bond motifs is 1. The van der Waals surface area contributed by atoms with Crippen LogP contribution in [0.1, 0.15) is 103 Å². The summed E-state index contributed by atoms with van der Waals surface area (Å²) in [5, 5.41) is 8.73. The van der Waals surface area contributed by atoms with Crippen molar-refractivity contribution in [1.82, 2.24) is 29.8 Å². The van der Waals surface area contributed by atoms with Crippen LogP contribution in [0.3, 0.4) is 0 Å². The first kappa shape index (κ1) is 28.0. The first-order valence-corrected chi connectivity index (χ1v) is 15.0. The van der Waals surface area contributed by atoms with E-state index < -0.39 is 0 Å². The summed E-state index contributed by atoms with van der Waals surface area (Å²) < 4.78 is 2.30. The Balaban J connectivity index is 0.00000102. The molecule has 0 bridgehead atoms. The molecule has 9 nitrogen and oxygen atoms in total. The van der Waals surface area contributed by atoms with E-state index in [4.69, 9.17) is 20.7 Å². The average molecular weight is 514 g/mol. The highest BCUT2D eigenvalue weighted by Crippen LogP contribution is 2.34. The second-order valence-electron chi connectivity index (χ2n) is 11.5. The number of rotatable bonds is 9. The fourth-order valence-electron chi connectivity index (χ4n) is 6.12. The lowest BCUT2D eigenvalue weighted by Crippen LogP contribution is -2.38. The molecule has 0 radical (unpaired) electrons. The molecule has 208 valence electrons. The van der Waals surface area contributed by atoms with Crippen LogP contribution in [-0.2, 0) is 0 Å². The topological polar surface area (TPSA) is 109 Å². The highest BCUT2D eigenvalue weighted by molar-refractivity contribution is 5.84. The minimum atomic E-state index is 0.340. The molecule has 1 saturated heterocycles. The van der Waals surface area contributed by atoms with Gasteiger partial charge >= 0.3 is 0 Å². The molecule has 5 rings (SSSR count). The SMILES string of the molecule is CCCCCC1CCN(Nc2nc(NC3CCC(N)CC3)nc3c2ncn3C2CCCC2)CC1.CNC. The van der Waals surface area contributed by atoms with Crippen LogP contribution in [0, 0.1) is 5.92 Å². The van der Waals surface area contributed by atoms with Gasteiger partial charge in [0.05, 0.1) is 6.33 Å². The lowest BCUT2D eigenvalue weighted by molar-refractivity contribution is 0.207. The van der Waals surface area contributed by atoms with Crippen molar-refractivity contribution in [3.8, 4) is 0 Å². The van der Waals surface area contributed by atoms with E-state index in [1.165, 1.54) is 64.2 Å². The molecule has 3 fully saturated rings. The Bertz CT molecular complexity index is 923. The zero-order valence-corrected chi connectivity index (χ0v) is 23.5. The summed E-state index contributed by atoms with van der Waals surface area (Å²) in [7, 11) is 3.75. The summed E-state index contributed by atoms with van der Waals surface area (Å²) in [6.07, 6.45) is 19.3. The van der Waals surface area contributed by atoms with Gasteiger partial charge in [-0.3, -0.25) is 0 Å². The molecule has 1 aliphatic heterocycles. The minimum Gasteiger partial charge on any atom is -0.351 e. The van der Waals surface area contributed by atoms with E-state index in [2.05, 4.69) is 32.6 Å². The third kappa shape index (κ3) is 7.77. The van der Waals surface area contributed by atoms with Crippen molar-refractivity contribution in [3.63, 3.8) is 0 Å². The maximum atomic E-state index is 6.13. The molecule has 0 spiro atoms. The summed E-state index contributed by atoms with van der Waals surface area (Å²) >= 11 is 0. The van der Waals surface area contributed by atoms with Crippen molar-refractivity contribution in [2.45, 2.75) is 115 Å². The van der Waals surface area contributed by atoms with Crippen LogP contribution < -0.4 is 21.8 Å². The number of piperidine rings is 1. The lowest BCUT2D eigenvalue weighted by atomic mass is 9.92. The van der Waals surface area contributed by atoms with Crippen molar-refractivity contribution in [3.05, 3.63) is 6.33 Å². The van der Waals surface area contributed by atoms with E-state index in [0.717, 1.165) is 67.6 Å². The zero-order chi connectivity index (χ0) is 26.0. The number of nitrogens with zero attached hydrogens (tertiary/aromatic N) is 5. The molecule has 0 aromatic carbocycles. The summed E-state index contributed by atoms with van der Waals surface area (Å²) in [5.41, 5.74) is 11.6. The molecule has 0 amide bonds. The molecule has 37 heavy (non-hydrogen) atoms. The fraction of sp³-hybridized carbons (Fsp3) is 0.821. The van der Waals surface area contributed by atoms with Gasteiger partial charge in [0.15, 0.2) is 17.0 Å². The van der Waals surface area contributed by atoms with Crippen molar-refractivity contribution in [2.24, 2.45) is 11.7 Å². The maximum absolute atomic E-state index is 6.13. The van der Waals surface area contributed by atoms with Crippen LogP contribution in [0.2, 0.25) is 0 Å². The minimum absolute atomic E-state index is 0.340. The van der Waals surface area contributed by atoms with Gasteiger partial charge in [0.2, 0.25) is 5.95 Å². The van der Waals surface area contributed by atoms with E-state index >= 15 is 0 Å². The Morgan fingerprint density at radius 1 is 0.946 bits per heavy atom. The number of hydrazine groups is 1. The Kier molecular flexibility index (Phi) is 10.8. The molecule has 0 unspecified atom stereocenters. The summed E-state index contributed by atoms with van der Waals surface area (Å²) in [6, 6.07) is 1.24. The maximum Gasteiger partial charge on any atom is 0.227 e. The van der Waals surface area contributed by atoms with Gasteiger partial charge in [0, 0.05) is 31.2 Å². The molecule has 3 heterocycles. The van der Waals surface area contributed by atoms with Gasteiger partial charge < -0.3 is 26.4 Å². The van der Waals surface area contributed by atoms with Crippen LogP contribution in [0.5, 0.6) is 0 Å². The predicted molar refractivity (Wildman–Crippen MR) is 154 cm³/mol. The monoisotopic (exact) mass is 513 g/mol. The smallest absolute Gasteiger partial charge is 0.227 e. The average Bonchev–Trinajstić information content (AvgIpc) is 3.57. The number of aromatic nitrogens is 4. The van der Waals surface area contributed by atoms with Gasteiger partial charge in [-0.05, 0) is 71.4 Å². The second-order valence-corrected chi connectivity index (χ2v) is 11.5. The molecular formula is C28H51N9. The molecule has 2 aromatic heterocycles. The first-order valence-electron chi connectivity index (χ1n) is 15.0. The van der Waals surface area contributed by atoms with Gasteiger partial charge in [-0.1, -0.05) is 45.4 Å². The third-order valence-corrected chi connectivity index (χ3v) is 8.34. The van der Waals surface area contributed by atoms with Crippen molar-refractivity contribution >= 4 is 22.9 Å². The lowest BCUT2D eigenvalue weighted by Gasteiger charge is -2.32. The number of anilines is 2. The van der Waals surface area contributed by atoms with Crippen molar-refractivity contribution < 1.29 is 0 Å². The number of unbranched alkanes of at least 4 members (excludes halogenated alkanes) is 2. The van der Waals surface area contributed by atoms with Crippen LogP contribution in [0.15, 0.2) is 6.33 Å². The van der Waals surface area contributed by atoms with Crippen LogP contribution >= 0.6 is 0 Å². The van der Waals surface area contributed by atoms with Crippen molar-refractivity contribution in [1.29, 1.82) is 0 Å². The summed E-state index contributed by atoms with van der Waals surface area (Å²) in [4.78, 5) is 14.7. The standard InChI is InChI=1S/C26H44N8.C2H7N/c1-2-3-4-7-19-14-16-33(17-15-19)32-24-23-25(34(18-28-23)22-8-5-6-9-22)31-26(30-24)29-21-12-10-20(27)11-13-21;1-3-2/h18-22H,2-17,27H2,1H3,(H2,29,30,31,32);3H,1-2H3. The molecule has 2 aliphatic carbocycles. The zero-order valence-electron chi connectivity index (χ0n) is 23.5. The largest absolute Gasteiger partial charge is 0.351 e. The molecule has 3 aliphatic rings. The predicted octanol–water partition coefficient (Wildman–Crippen LogP) is 5.08. The Hall–Kier alpha value is -1.97. The van der Waals surface area contributed by atoms with Crippen LogP contribution in [0.25, 0.3) is 11.2 Å². The molecule has 2 saturated carbocycles. The number of imidazole rings is 1. The highest BCUT2D eigenvalue weighted by Gasteiger charge is 2.25. The van der Waals surface area contributed by atoms with E-state index in [-0.39, 0.29) is 0 Å². The van der Waals surface area contributed by atoms with E-state index in [9.17, 15) is 0 Å². The Labute approximate surface area is 223 Å². The fourth-order valence-corrected chi connectivity index (χ4v) is 6.12. The molecule has 5 N–H and O–H groups in total. The first-order chi connectivity index (χ1) is 18.1. The van der Waals surface area contributed by atoms with Gasteiger partial charge in [0.1, 0.15) is 0 Å². The van der Waals surface area contributed by atoms with Gasteiger partial charge in [0.25, 0.3) is 0 Å². The van der Waals surface area contributed by atoms with E-state index in [1.807, 2.05) is 20.4 Å². The van der Waals surface area contributed by atoms with Crippen LogP contribution in [-0.4, -0.2) is 63.8 Å². The Morgan fingerprint density at radius 2 is 1.65 bits per heavy atom. The van der Waals surface area contributed by atoms with Crippen molar-refractivity contribution in [2.75, 3.05) is 37.9 Å². The molecule has 2 aromatic rings. The number of hydrogen-bond acceptors (Lipinski definition) is 8. The van der Waals surface area contributed by atoms with Gasteiger partial charge in [-0.2, -0.15) is 9.97 Å². The Morgan fingerprint density at radius 3 is 2.32 bits per heavy atom. The number of hydrogen-bond donors (Lipinski definition) is 4. The van der Waals surface area contributed by atoms with E-state index in [1.54, 1.807) is 0 Å². The quantitative estimate of drug-likeness (QED) is 0.344. The van der Waals surface area contributed by atoms with Gasteiger partial charge in [-0.25, -0.2) is 9.99 Å². The van der Waals surface area contributed by atoms with Gasteiger partial charge in [-0.15, -0.1) is 0 Å². The summed E-state index contributed by atoms with van der Waals surface area (Å²) in [5.74, 6) is 2.44. The second kappa shape index (κ2) is 14.3. The molecular weight excluding hydrogens is 462 g/mol. The molecule has 9 heteroatoms. The normalized spacial score (nSPS) is 23.7. The van der Waals surface area contributed by atoms with Crippen LogP contribution in [0.4, 0.5) is 11.8 Å². The summed E-state index contributed by atoms with van der Waals surface area (Å²) in [6.45, 7) is 4.42. The highest BCUT2D eigenvalue weighted by atomic mass is 15.5. The number of nitrogens with two attached hydrogens (primary N) is 1. The third-order valence-electron chi connectivity index (χ3n) is 8.34. The molecule has 0 atom stereocenters.